The summed E-state index contributed by atoms with van der Waals surface area (Å²) < 4.78 is 5.48. The molecule has 0 saturated heterocycles. The predicted molar refractivity (Wildman–Crippen MR) is 58.4 cm³/mol. The molecule has 0 radical (unpaired) electrons. The third kappa shape index (κ3) is 3.97. The summed E-state index contributed by atoms with van der Waals surface area (Å²) in [6.07, 6.45) is 5.09. The lowest BCUT2D eigenvalue weighted by Crippen LogP contribution is -2.21. The van der Waals surface area contributed by atoms with Crippen LogP contribution in [0.5, 0.6) is 5.75 Å². The van der Waals surface area contributed by atoms with Crippen molar-refractivity contribution < 1.29 is 4.74 Å². The zero-order valence-corrected chi connectivity index (χ0v) is 8.42. The molecule has 0 heterocycles. The highest BCUT2D eigenvalue weighted by molar-refractivity contribution is 5.26. The van der Waals surface area contributed by atoms with Crippen molar-refractivity contribution >= 4 is 0 Å². The van der Waals surface area contributed by atoms with Crippen LogP contribution in [0.4, 0.5) is 0 Å². The summed E-state index contributed by atoms with van der Waals surface area (Å²) in [5, 5.41) is 3.06. The van der Waals surface area contributed by atoms with E-state index in [1.54, 1.807) is 0 Å². The molecule has 0 aliphatic heterocycles. The lowest BCUT2D eigenvalue weighted by molar-refractivity contribution is 0.316. The normalized spacial score (nSPS) is 9.43. The maximum Gasteiger partial charge on any atom is 0.119 e. The van der Waals surface area contributed by atoms with E-state index in [0.29, 0.717) is 13.2 Å². The number of hydrogen-bond acceptors (Lipinski definition) is 2. The number of terminal acetylenes is 1. The molecular formula is C12H15NO. The number of nitrogens with one attached hydrogen (secondary N) is 1. The first-order valence-corrected chi connectivity index (χ1v) is 4.66. The zero-order chi connectivity index (χ0) is 10.2. The van der Waals surface area contributed by atoms with Crippen molar-refractivity contribution in [3.05, 3.63) is 29.8 Å². The highest BCUT2D eigenvalue weighted by Gasteiger charge is 1.91. The molecule has 0 bridgehead atoms. The van der Waals surface area contributed by atoms with Crippen LogP contribution in [0.2, 0.25) is 0 Å². The van der Waals surface area contributed by atoms with Crippen molar-refractivity contribution in [1.82, 2.24) is 5.32 Å². The average Bonchev–Trinajstić information content (AvgIpc) is 2.21. The van der Waals surface area contributed by atoms with Gasteiger partial charge in [0.1, 0.15) is 12.4 Å². The van der Waals surface area contributed by atoms with E-state index < -0.39 is 0 Å². The van der Waals surface area contributed by atoms with Gasteiger partial charge in [0.2, 0.25) is 0 Å². The van der Waals surface area contributed by atoms with Gasteiger partial charge in [-0.05, 0) is 19.1 Å². The van der Waals surface area contributed by atoms with Crippen LogP contribution in [-0.2, 0) is 0 Å². The minimum atomic E-state index is 0.595. The lowest BCUT2D eigenvalue weighted by Gasteiger charge is -2.05. The van der Waals surface area contributed by atoms with E-state index in [4.69, 9.17) is 11.2 Å². The predicted octanol–water partition coefficient (Wildman–Crippen LogP) is 1.60. The van der Waals surface area contributed by atoms with Gasteiger partial charge in [0.15, 0.2) is 0 Å². The van der Waals surface area contributed by atoms with E-state index in [9.17, 15) is 0 Å². The molecule has 2 nitrogen and oxygen atoms in total. The van der Waals surface area contributed by atoms with Crippen LogP contribution in [0.1, 0.15) is 5.56 Å². The van der Waals surface area contributed by atoms with Gasteiger partial charge in [-0.3, -0.25) is 0 Å². The SMILES string of the molecule is C#CCNCCOc1ccc(C)cc1. The van der Waals surface area contributed by atoms with Gasteiger partial charge >= 0.3 is 0 Å². The molecule has 0 fully saturated rings. The van der Waals surface area contributed by atoms with Crippen molar-refractivity contribution in [3.63, 3.8) is 0 Å². The standard InChI is InChI=1S/C12H15NO/c1-3-8-13-9-10-14-12-6-4-11(2)5-7-12/h1,4-7,13H,8-10H2,2H3. The van der Waals surface area contributed by atoms with Crippen LogP contribution in [0.15, 0.2) is 24.3 Å². The lowest BCUT2D eigenvalue weighted by atomic mass is 10.2. The molecule has 0 aliphatic rings. The van der Waals surface area contributed by atoms with E-state index in [1.165, 1.54) is 5.56 Å². The second-order valence-corrected chi connectivity index (χ2v) is 3.04. The van der Waals surface area contributed by atoms with Crippen LogP contribution >= 0.6 is 0 Å². The number of ether oxygens (including phenoxy) is 1. The quantitative estimate of drug-likeness (QED) is 0.561. The molecule has 1 aromatic carbocycles. The molecule has 1 aromatic rings. The molecule has 0 aromatic heterocycles. The molecule has 0 amide bonds. The summed E-state index contributed by atoms with van der Waals surface area (Å²) in [5.74, 6) is 3.41. The maximum absolute atomic E-state index is 5.48. The van der Waals surface area contributed by atoms with Crippen molar-refractivity contribution in [3.8, 4) is 18.1 Å². The Hall–Kier alpha value is -1.46. The Kier molecular flexibility index (Phi) is 4.60. The summed E-state index contributed by atoms with van der Waals surface area (Å²) in [6.45, 7) is 4.07. The Morgan fingerprint density at radius 1 is 1.36 bits per heavy atom. The summed E-state index contributed by atoms with van der Waals surface area (Å²) in [5.41, 5.74) is 1.24. The molecule has 0 atom stereocenters. The molecule has 0 aliphatic carbocycles. The Balaban J connectivity index is 2.19. The Morgan fingerprint density at radius 2 is 2.07 bits per heavy atom. The van der Waals surface area contributed by atoms with Gasteiger partial charge in [-0.25, -0.2) is 0 Å². The van der Waals surface area contributed by atoms with Gasteiger partial charge in [0.05, 0.1) is 6.54 Å². The van der Waals surface area contributed by atoms with E-state index in [1.807, 2.05) is 24.3 Å². The number of aryl methyl sites for hydroxylation is 1. The highest BCUT2D eigenvalue weighted by atomic mass is 16.5. The number of rotatable bonds is 5. The molecule has 0 saturated carbocycles. The largest absolute Gasteiger partial charge is 0.492 e. The second-order valence-electron chi connectivity index (χ2n) is 3.04. The van der Waals surface area contributed by atoms with E-state index >= 15 is 0 Å². The number of benzene rings is 1. The zero-order valence-electron chi connectivity index (χ0n) is 8.42. The van der Waals surface area contributed by atoms with Crippen molar-refractivity contribution in [2.24, 2.45) is 0 Å². The molecule has 0 unspecified atom stereocenters. The van der Waals surface area contributed by atoms with Gasteiger partial charge < -0.3 is 10.1 Å². The molecule has 2 heteroatoms. The van der Waals surface area contributed by atoms with Gasteiger partial charge in [0, 0.05) is 6.54 Å². The first kappa shape index (κ1) is 10.6. The van der Waals surface area contributed by atoms with Crippen molar-refractivity contribution in [2.75, 3.05) is 19.7 Å². The summed E-state index contributed by atoms with van der Waals surface area (Å²) in [6, 6.07) is 8.00. The second kappa shape index (κ2) is 6.06. The third-order valence-corrected chi connectivity index (χ3v) is 1.80. The summed E-state index contributed by atoms with van der Waals surface area (Å²) >= 11 is 0. The first-order chi connectivity index (χ1) is 6.83. The minimum Gasteiger partial charge on any atom is -0.492 e. The summed E-state index contributed by atoms with van der Waals surface area (Å²) in [4.78, 5) is 0. The van der Waals surface area contributed by atoms with Crippen LogP contribution in [0, 0.1) is 19.3 Å². The molecule has 14 heavy (non-hydrogen) atoms. The van der Waals surface area contributed by atoms with Crippen molar-refractivity contribution in [2.45, 2.75) is 6.92 Å². The number of hydrogen-bond donors (Lipinski definition) is 1. The molecule has 1 N–H and O–H groups in total. The Bertz CT molecular complexity index is 297. The monoisotopic (exact) mass is 189 g/mol. The van der Waals surface area contributed by atoms with Gasteiger partial charge in [0.25, 0.3) is 0 Å². The third-order valence-electron chi connectivity index (χ3n) is 1.80. The van der Waals surface area contributed by atoms with Gasteiger partial charge in [-0.2, -0.15) is 0 Å². The fourth-order valence-corrected chi connectivity index (χ4v) is 1.04. The fourth-order valence-electron chi connectivity index (χ4n) is 1.04. The van der Waals surface area contributed by atoms with Crippen molar-refractivity contribution in [1.29, 1.82) is 0 Å². The summed E-state index contributed by atoms with van der Waals surface area (Å²) in [7, 11) is 0. The topological polar surface area (TPSA) is 21.3 Å². The van der Waals surface area contributed by atoms with Gasteiger partial charge in [-0.15, -0.1) is 6.42 Å². The Labute approximate surface area is 85.3 Å². The molecule has 74 valence electrons. The minimum absolute atomic E-state index is 0.595. The van der Waals surface area contributed by atoms with E-state index in [-0.39, 0.29) is 0 Å². The average molecular weight is 189 g/mol. The van der Waals surface area contributed by atoms with Crippen LogP contribution in [-0.4, -0.2) is 19.7 Å². The maximum atomic E-state index is 5.48. The molecule has 0 spiro atoms. The highest BCUT2D eigenvalue weighted by Crippen LogP contribution is 2.10. The van der Waals surface area contributed by atoms with Crippen LogP contribution < -0.4 is 10.1 Å². The van der Waals surface area contributed by atoms with Gasteiger partial charge in [-0.1, -0.05) is 23.6 Å². The Morgan fingerprint density at radius 3 is 2.71 bits per heavy atom. The molecular weight excluding hydrogens is 174 g/mol. The van der Waals surface area contributed by atoms with Crippen LogP contribution in [0.3, 0.4) is 0 Å². The van der Waals surface area contributed by atoms with E-state index in [0.717, 1.165) is 12.3 Å². The molecule has 1 rings (SSSR count). The van der Waals surface area contributed by atoms with Crippen LogP contribution in [0.25, 0.3) is 0 Å². The first-order valence-electron chi connectivity index (χ1n) is 4.66. The smallest absolute Gasteiger partial charge is 0.119 e. The van der Waals surface area contributed by atoms with E-state index in [2.05, 4.69) is 18.2 Å². The fraction of sp³-hybridized carbons (Fsp3) is 0.333.